The lowest BCUT2D eigenvalue weighted by atomic mass is 10.0. The van der Waals surface area contributed by atoms with Crippen LogP contribution >= 0.6 is 0 Å². The fourth-order valence-corrected chi connectivity index (χ4v) is 3.44. The van der Waals surface area contributed by atoms with Crippen molar-refractivity contribution >= 4 is 17.8 Å². The summed E-state index contributed by atoms with van der Waals surface area (Å²) in [6.45, 7) is 2.74. The summed E-state index contributed by atoms with van der Waals surface area (Å²) >= 11 is 0. The van der Waals surface area contributed by atoms with Crippen LogP contribution in [0.3, 0.4) is 0 Å². The molecule has 0 aliphatic carbocycles. The number of hydrogen-bond donors (Lipinski definition) is 3. The van der Waals surface area contributed by atoms with Crippen molar-refractivity contribution in [3.8, 4) is 11.5 Å². The number of fused-ring (bicyclic) bond motifs is 1. The summed E-state index contributed by atoms with van der Waals surface area (Å²) in [7, 11) is 6.87. The number of aromatic amines is 1. The van der Waals surface area contributed by atoms with Gasteiger partial charge in [0, 0.05) is 31.1 Å². The maximum absolute atomic E-state index is 12.7. The molecule has 0 radical (unpaired) electrons. The Morgan fingerprint density at radius 3 is 2.55 bits per heavy atom. The SMILES string of the molecule is CC(=O)O.COc1cccc(CNC(=O)c2n[nH]c3c2CCN(C(=O)CN(C)C)C3)c1OC. The van der Waals surface area contributed by atoms with Crippen LogP contribution in [0.5, 0.6) is 11.5 Å². The van der Waals surface area contributed by atoms with E-state index in [4.69, 9.17) is 19.4 Å². The van der Waals surface area contributed by atoms with Crippen LogP contribution in [0.25, 0.3) is 0 Å². The molecule has 11 heteroatoms. The maximum Gasteiger partial charge on any atom is 0.300 e. The highest BCUT2D eigenvalue weighted by atomic mass is 16.5. The number of H-pyrrole nitrogens is 1. The van der Waals surface area contributed by atoms with Gasteiger partial charge < -0.3 is 29.7 Å². The molecule has 33 heavy (non-hydrogen) atoms. The predicted molar refractivity (Wildman–Crippen MR) is 120 cm³/mol. The molecule has 1 aromatic heterocycles. The molecule has 11 nitrogen and oxygen atoms in total. The van der Waals surface area contributed by atoms with E-state index in [1.54, 1.807) is 25.2 Å². The quantitative estimate of drug-likeness (QED) is 0.553. The lowest BCUT2D eigenvalue weighted by Crippen LogP contribution is -2.41. The Morgan fingerprint density at radius 1 is 1.24 bits per heavy atom. The molecule has 2 amide bonds. The van der Waals surface area contributed by atoms with Gasteiger partial charge in [-0.25, -0.2) is 0 Å². The van der Waals surface area contributed by atoms with Crippen molar-refractivity contribution in [2.24, 2.45) is 0 Å². The van der Waals surface area contributed by atoms with Gasteiger partial charge in [0.25, 0.3) is 11.9 Å². The van der Waals surface area contributed by atoms with E-state index in [2.05, 4.69) is 15.5 Å². The Hall–Kier alpha value is -3.60. The summed E-state index contributed by atoms with van der Waals surface area (Å²) in [4.78, 5) is 37.6. The average Bonchev–Trinajstić information content (AvgIpc) is 3.19. The fraction of sp³-hybridized carbons (Fsp3) is 0.455. The van der Waals surface area contributed by atoms with Gasteiger partial charge in [-0.2, -0.15) is 5.10 Å². The zero-order valence-corrected chi connectivity index (χ0v) is 19.6. The number of carboxylic acids is 1. The first-order chi connectivity index (χ1) is 15.7. The third-order valence-corrected chi connectivity index (χ3v) is 4.88. The van der Waals surface area contributed by atoms with E-state index in [9.17, 15) is 9.59 Å². The van der Waals surface area contributed by atoms with Crippen molar-refractivity contribution in [1.82, 2.24) is 25.3 Å². The van der Waals surface area contributed by atoms with E-state index >= 15 is 0 Å². The molecule has 0 saturated heterocycles. The average molecular weight is 462 g/mol. The van der Waals surface area contributed by atoms with E-state index in [0.29, 0.717) is 43.2 Å². The summed E-state index contributed by atoms with van der Waals surface area (Å²) in [5.41, 5.74) is 2.87. The Labute approximate surface area is 192 Å². The minimum absolute atomic E-state index is 0.0615. The number of para-hydroxylation sites is 1. The van der Waals surface area contributed by atoms with Gasteiger partial charge in [-0.05, 0) is 26.6 Å². The van der Waals surface area contributed by atoms with Crippen LogP contribution in [-0.4, -0.2) is 84.3 Å². The van der Waals surface area contributed by atoms with Crippen LogP contribution in [0.15, 0.2) is 18.2 Å². The van der Waals surface area contributed by atoms with Crippen molar-refractivity contribution in [1.29, 1.82) is 0 Å². The topological polar surface area (TPSA) is 137 Å². The van der Waals surface area contributed by atoms with Crippen molar-refractivity contribution in [3.63, 3.8) is 0 Å². The fourth-order valence-electron chi connectivity index (χ4n) is 3.44. The largest absolute Gasteiger partial charge is 0.493 e. The second-order valence-electron chi connectivity index (χ2n) is 7.69. The zero-order valence-electron chi connectivity index (χ0n) is 19.6. The van der Waals surface area contributed by atoms with E-state index < -0.39 is 5.97 Å². The first-order valence-corrected chi connectivity index (χ1v) is 10.3. The van der Waals surface area contributed by atoms with Crippen LogP contribution in [0.4, 0.5) is 0 Å². The van der Waals surface area contributed by atoms with Crippen LogP contribution in [0.2, 0.25) is 0 Å². The standard InChI is InChI=1S/C20H27N5O4.C2H4O2/c1-24(2)12-17(26)25-9-8-14-15(11-25)22-23-18(14)20(27)21-10-13-6-5-7-16(28-3)19(13)29-4;1-2(3)4/h5-7H,8-12H2,1-4H3,(H,21,27)(H,22,23);1H3,(H,3,4). The van der Waals surface area contributed by atoms with E-state index in [1.165, 1.54) is 0 Å². The van der Waals surface area contributed by atoms with Gasteiger partial charge in [0.1, 0.15) is 0 Å². The number of nitrogens with zero attached hydrogens (tertiary/aromatic N) is 3. The number of rotatable bonds is 7. The van der Waals surface area contributed by atoms with Crippen molar-refractivity contribution in [2.75, 3.05) is 41.4 Å². The number of nitrogens with one attached hydrogen (secondary N) is 2. The summed E-state index contributed by atoms with van der Waals surface area (Å²) < 4.78 is 10.7. The Kier molecular flexibility index (Phi) is 9.22. The Balaban J connectivity index is 0.000000890. The van der Waals surface area contributed by atoms with Gasteiger partial charge in [0.05, 0.1) is 33.0 Å². The molecule has 0 fully saturated rings. The number of carbonyl (C=O) groups is 3. The molecule has 0 atom stereocenters. The molecule has 3 N–H and O–H groups in total. The van der Waals surface area contributed by atoms with Crippen LogP contribution in [0, 0.1) is 0 Å². The summed E-state index contributed by atoms with van der Waals surface area (Å²) in [6, 6.07) is 5.52. The molecule has 0 saturated carbocycles. The van der Waals surface area contributed by atoms with E-state index in [1.807, 2.05) is 31.1 Å². The molecule has 2 heterocycles. The predicted octanol–water partition coefficient (Wildman–Crippen LogP) is 0.894. The smallest absolute Gasteiger partial charge is 0.300 e. The number of amides is 2. The normalized spacial score (nSPS) is 12.4. The van der Waals surface area contributed by atoms with Gasteiger partial charge >= 0.3 is 0 Å². The molecule has 3 rings (SSSR count). The van der Waals surface area contributed by atoms with E-state index in [-0.39, 0.29) is 18.4 Å². The monoisotopic (exact) mass is 461 g/mol. The third-order valence-electron chi connectivity index (χ3n) is 4.88. The number of ether oxygens (including phenoxy) is 2. The number of benzene rings is 1. The number of carboxylic acid groups (broad SMARTS) is 1. The van der Waals surface area contributed by atoms with Crippen molar-refractivity contribution in [2.45, 2.75) is 26.4 Å². The minimum atomic E-state index is -0.833. The van der Waals surface area contributed by atoms with Crippen LogP contribution in [-0.2, 0) is 29.1 Å². The zero-order chi connectivity index (χ0) is 24.5. The number of likely N-dealkylation sites (N-methyl/N-ethyl adjacent to an activating group) is 1. The second-order valence-corrected chi connectivity index (χ2v) is 7.69. The molecule has 1 aromatic carbocycles. The summed E-state index contributed by atoms with van der Waals surface area (Å²) in [6.07, 6.45) is 0.593. The van der Waals surface area contributed by atoms with Crippen molar-refractivity contribution < 1.29 is 29.0 Å². The highest BCUT2D eigenvalue weighted by molar-refractivity contribution is 5.94. The van der Waals surface area contributed by atoms with E-state index in [0.717, 1.165) is 23.7 Å². The maximum atomic E-state index is 12.7. The summed E-state index contributed by atoms with van der Waals surface area (Å²) in [5, 5.41) is 17.4. The van der Waals surface area contributed by atoms with Gasteiger partial charge in [0.2, 0.25) is 5.91 Å². The molecule has 0 unspecified atom stereocenters. The van der Waals surface area contributed by atoms with Gasteiger partial charge in [0.15, 0.2) is 17.2 Å². The molecule has 1 aliphatic rings. The highest BCUT2D eigenvalue weighted by Crippen LogP contribution is 2.30. The van der Waals surface area contributed by atoms with Gasteiger partial charge in [-0.15, -0.1) is 0 Å². The lowest BCUT2D eigenvalue weighted by Gasteiger charge is -2.28. The first-order valence-electron chi connectivity index (χ1n) is 10.3. The highest BCUT2D eigenvalue weighted by Gasteiger charge is 2.27. The minimum Gasteiger partial charge on any atom is -0.493 e. The number of methoxy groups -OCH3 is 2. The van der Waals surface area contributed by atoms with Crippen molar-refractivity contribution in [3.05, 3.63) is 40.7 Å². The second kappa shape index (κ2) is 11.9. The first kappa shape index (κ1) is 25.7. The molecule has 0 bridgehead atoms. The van der Waals surface area contributed by atoms with Gasteiger partial charge in [-0.1, -0.05) is 12.1 Å². The number of hydrogen-bond acceptors (Lipinski definition) is 7. The third kappa shape index (κ3) is 6.94. The molecule has 2 aromatic rings. The Bertz CT molecular complexity index is 984. The van der Waals surface area contributed by atoms with Crippen LogP contribution < -0.4 is 14.8 Å². The number of aliphatic carboxylic acids is 1. The van der Waals surface area contributed by atoms with Gasteiger partial charge in [-0.3, -0.25) is 19.5 Å². The molecule has 0 spiro atoms. The van der Waals surface area contributed by atoms with Crippen LogP contribution in [0.1, 0.15) is 34.2 Å². The lowest BCUT2D eigenvalue weighted by molar-refractivity contribution is -0.134. The Morgan fingerprint density at radius 2 is 1.94 bits per heavy atom. The molecular weight excluding hydrogens is 430 g/mol. The molecule has 180 valence electrons. The molecular formula is C22H31N5O6. The molecule has 1 aliphatic heterocycles. The number of carbonyl (C=O) groups excluding carboxylic acids is 2. The number of aromatic nitrogens is 2. The summed E-state index contributed by atoms with van der Waals surface area (Å²) in [5.74, 6) is 0.167.